The van der Waals surface area contributed by atoms with Crippen molar-refractivity contribution in [2.75, 3.05) is 6.54 Å². The highest BCUT2D eigenvalue weighted by Gasteiger charge is 2.15. The Bertz CT molecular complexity index is 708. The van der Waals surface area contributed by atoms with Gasteiger partial charge in [0.25, 0.3) is 5.91 Å². The maximum atomic E-state index is 12.2. The molecule has 0 saturated heterocycles. The molecule has 2 aromatic rings. The fourth-order valence-electron chi connectivity index (χ4n) is 2.85. The quantitative estimate of drug-likeness (QED) is 0.780. The number of carbonyl (C=O) groups excluding carboxylic acids is 1. The minimum Gasteiger partial charge on any atom is -0.481 e. The van der Waals surface area contributed by atoms with Gasteiger partial charge >= 0.3 is 0 Å². The molecule has 0 aliphatic heterocycles. The molecule has 6 nitrogen and oxygen atoms in total. The van der Waals surface area contributed by atoms with Gasteiger partial charge < -0.3 is 14.5 Å². The Morgan fingerprint density at radius 2 is 2.16 bits per heavy atom. The highest BCUT2D eigenvalue weighted by molar-refractivity contribution is 5.80. The van der Waals surface area contributed by atoms with Gasteiger partial charge in [-0.05, 0) is 63.3 Å². The van der Waals surface area contributed by atoms with Gasteiger partial charge in [0, 0.05) is 12.1 Å². The van der Waals surface area contributed by atoms with E-state index in [4.69, 9.17) is 9.15 Å². The van der Waals surface area contributed by atoms with E-state index < -0.39 is 6.10 Å². The number of ether oxygens (including phenoxy) is 1. The SMILES string of the molecule is C[C@H](Oc1ccc(-c2nnco2)cc1)C(=O)NCCC1=CCCCC1. The van der Waals surface area contributed by atoms with Crippen LogP contribution >= 0.6 is 0 Å². The summed E-state index contributed by atoms with van der Waals surface area (Å²) in [7, 11) is 0. The standard InChI is InChI=1S/C19H23N3O3/c1-14(18(23)20-12-11-15-5-3-2-4-6-15)25-17-9-7-16(8-10-17)19-22-21-13-24-19/h5,7-10,13-14H,2-4,6,11-12H2,1H3,(H,20,23)/t14-/m0/s1. The molecule has 1 aliphatic rings. The van der Waals surface area contributed by atoms with Gasteiger partial charge in [-0.25, -0.2) is 0 Å². The lowest BCUT2D eigenvalue weighted by atomic mass is 9.97. The number of hydrogen-bond donors (Lipinski definition) is 1. The van der Waals surface area contributed by atoms with Gasteiger partial charge in [-0.15, -0.1) is 10.2 Å². The van der Waals surface area contributed by atoms with Crippen LogP contribution in [-0.4, -0.2) is 28.8 Å². The summed E-state index contributed by atoms with van der Waals surface area (Å²) < 4.78 is 10.8. The van der Waals surface area contributed by atoms with E-state index in [1.54, 1.807) is 19.1 Å². The van der Waals surface area contributed by atoms with Crippen molar-refractivity contribution in [3.05, 3.63) is 42.3 Å². The van der Waals surface area contributed by atoms with E-state index in [0.29, 0.717) is 18.2 Å². The van der Waals surface area contributed by atoms with Crippen molar-refractivity contribution in [2.24, 2.45) is 0 Å². The van der Waals surface area contributed by atoms with Crippen LogP contribution in [0, 0.1) is 0 Å². The van der Waals surface area contributed by atoms with E-state index >= 15 is 0 Å². The number of aromatic nitrogens is 2. The predicted octanol–water partition coefficient (Wildman–Crippen LogP) is 3.51. The first kappa shape index (κ1) is 17.2. The Labute approximate surface area is 147 Å². The topological polar surface area (TPSA) is 77.2 Å². The fourth-order valence-corrected chi connectivity index (χ4v) is 2.85. The average molecular weight is 341 g/mol. The van der Waals surface area contributed by atoms with Crippen LogP contribution in [0.1, 0.15) is 39.0 Å². The molecule has 0 spiro atoms. The monoisotopic (exact) mass is 341 g/mol. The molecule has 0 radical (unpaired) electrons. The lowest BCUT2D eigenvalue weighted by molar-refractivity contribution is -0.127. The van der Waals surface area contributed by atoms with Gasteiger partial charge in [0.1, 0.15) is 5.75 Å². The Hall–Kier alpha value is -2.63. The van der Waals surface area contributed by atoms with Crippen molar-refractivity contribution in [2.45, 2.75) is 45.1 Å². The van der Waals surface area contributed by atoms with Crippen LogP contribution in [0.5, 0.6) is 5.75 Å². The zero-order chi connectivity index (χ0) is 17.5. The molecule has 6 heteroatoms. The number of allylic oxidation sites excluding steroid dienone is 1. The second-order valence-electron chi connectivity index (χ2n) is 6.18. The molecule has 132 valence electrons. The van der Waals surface area contributed by atoms with Crippen LogP contribution in [0.15, 0.2) is 46.7 Å². The number of benzene rings is 1. The van der Waals surface area contributed by atoms with Gasteiger partial charge in [0.05, 0.1) is 0 Å². The molecule has 1 atom stereocenters. The highest BCUT2D eigenvalue weighted by atomic mass is 16.5. The van der Waals surface area contributed by atoms with Crippen molar-refractivity contribution >= 4 is 5.91 Å². The molecular weight excluding hydrogens is 318 g/mol. The van der Waals surface area contributed by atoms with E-state index in [1.807, 2.05) is 12.1 Å². The summed E-state index contributed by atoms with van der Waals surface area (Å²) >= 11 is 0. The summed E-state index contributed by atoms with van der Waals surface area (Å²) in [6, 6.07) is 7.22. The lowest BCUT2D eigenvalue weighted by Gasteiger charge is -2.16. The maximum Gasteiger partial charge on any atom is 0.260 e. The van der Waals surface area contributed by atoms with Crippen molar-refractivity contribution < 1.29 is 13.9 Å². The van der Waals surface area contributed by atoms with Gasteiger partial charge in [0.15, 0.2) is 6.10 Å². The first-order chi connectivity index (χ1) is 12.2. The molecule has 1 N–H and O–H groups in total. The summed E-state index contributed by atoms with van der Waals surface area (Å²) in [5.41, 5.74) is 2.26. The molecule has 1 aliphatic carbocycles. The highest BCUT2D eigenvalue weighted by Crippen LogP contribution is 2.21. The normalized spacial score (nSPS) is 15.3. The Kier molecular flexibility index (Phi) is 5.82. The van der Waals surface area contributed by atoms with E-state index in [-0.39, 0.29) is 5.91 Å². The van der Waals surface area contributed by atoms with Gasteiger partial charge in [-0.3, -0.25) is 4.79 Å². The summed E-state index contributed by atoms with van der Waals surface area (Å²) in [5.74, 6) is 0.979. The first-order valence-electron chi connectivity index (χ1n) is 8.71. The molecule has 0 unspecified atom stereocenters. The maximum absolute atomic E-state index is 12.2. The van der Waals surface area contributed by atoms with E-state index in [1.165, 1.54) is 31.2 Å². The number of amides is 1. The zero-order valence-corrected chi connectivity index (χ0v) is 14.4. The molecule has 1 amide bonds. The molecule has 25 heavy (non-hydrogen) atoms. The van der Waals surface area contributed by atoms with Gasteiger partial charge in [-0.2, -0.15) is 0 Å². The predicted molar refractivity (Wildman–Crippen MR) is 94.0 cm³/mol. The second-order valence-corrected chi connectivity index (χ2v) is 6.18. The third-order valence-corrected chi connectivity index (χ3v) is 4.27. The van der Waals surface area contributed by atoms with Crippen LogP contribution in [0.4, 0.5) is 0 Å². The molecule has 0 saturated carbocycles. The van der Waals surface area contributed by atoms with Crippen LogP contribution in [-0.2, 0) is 4.79 Å². The Morgan fingerprint density at radius 1 is 1.32 bits per heavy atom. The lowest BCUT2D eigenvalue weighted by Crippen LogP contribution is -2.36. The molecule has 0 fully saturated rings. The summed E-state index contributed by atoms with van der Waals surface area (Å²) in [5, 5.41) is 10.4. The molecule has 1 heterocycles. The summed E-state index contributed by atoms with van der Waals surface area (Å²) in [6.07, 6.45) is 8.85. The van der Waals surface area contributed by atoms with Crippen LogP contribution < -0.4 is 10.1 Å². The van der Waals surface area contributed by atoms with E-state index in [2.05, 4.69) is 21.6 Å². The smallest absolute Gasteiger partial charge is 0.260 e. The van der Waals surface area contributed by atoms with Crippen LogP contribution in [0.25, 0.3) is 11.5 Å². The van der Waals surface area contributed by atoms with Gasteiger partial charge in [-0.1, -0.05) is 11.6 Å². The van der Waals surface area contributed by atoms with Crippen molar-refractivity contribution in [1.29, 1.82) is 0 Å². The third-order valence-electron chi connectivity index (χ3n) is 4.27. The minimum atomic E-state index is -0.547. The molecule has 1 aromatic carbocycles. The molecule has 0 bridgehead atoms. The number of nitrogens with zero attached hydrogens (tertiary/aromatic N) is 2. The fraction of sp³-hybridized carbons (Fsp3) is 0.421. The molecular formula is C19H23N3O3. The van der Waals surface area contributed by atoms with Crippen LogP contribution in [0.2, 0.25) is 0 Å². The Morgan fingerprint density at radius 3 is 2.84 bits per heavy atom. The number of carbonyl (C=O) groups is 1. The van der Waals surface area contributed by atoms with E-state index in [9.17, 15) is 4.79 Å². The van der Waals surface area contributed by atoms with Crippen molar-refractivity contribution in [3.63, 3.8) is 0 Å². The van der Waals surface area contributed by atoms with E-state index in [0.717, 1.165) is 18.4 Å². The minimum absolute atomic E-state index is 0.0996. The third kappa shape index (κ3) is 4.92. The average Bonchev–Trinajstić information content (AvgIpc) is 3.18. The van der Waals surface area contributed by atoms with Gasteiger partial charge in [0.2, 0.25) is 12.3 Å². The first-order valence-corrected chi connectivity index (χ1v) is 8.71. The molecule has 1 aromatic heterocycles. The number of rotatable bonds is 7. The number of hydrogen-bond acceptors (Lipinski definition) is 5. The van der Waals surface area contributed by atoms with Crippen molar-refractivity contribution in [3.8, 4) is 17.2 Å². The Balaban J connectivity index is 1.45. The largest absolute Gasteiger partial charge is 0.481 e. The summed E-state index contributed by atoms with van der Waals surface area (Å²) in [6.45, 7) is 2.41. The summed E-state index contributed by atoms with van der Waals surface area (Å²) in [4.78, 5) is 12.2. The zero-order valence-electron chi connectivity index (χ0n) is 14.4. The molecule has 3 rings (SSSR count). The van der Waals surface area contributed by atoms with Crippen LogP contribution in [0.3, 0.4) is 0 Å². The number of nitrogens with one attached hydrogen (secondary N) is 1. The van der Waals surface area contributed by atoms with Crippen molar-refractivity contribution in [1.82, 2.24) is 15.5 Å². The second kappa shape index (κ2) is 8.46.